The normalized spacial score (nSPS) is 11.8. The van der Waals surface area contributed by atoms with E-state index in [2.05, 4.69) is 20.7 Å². The molecule has 0 radical (unpaired) electrons. The number of rotatable bonds is 5. The number of benzene rings is 1. The van der Waals surface area contributed by atoms with Gasteiger partial charge in [0.15, 0.2) is 0 Å². The van der Waals surface area contributed by atoms with E-state index in [9.17, 15) is 8.42 Å². The maximum absolute atomic E-state index is 12.2. The number of sulfonamides is 1. The quantitative estimate of drug-likeness (QED) is 0.844. The molecular weight excluding hydrogens is 360 g/mol. The van der Waals surface area contributed by atoms with Crippen LogP contribution < -0.4 is 10.5 Å². The molecule has 2 rings (SSSR count). The van der Waals surface area contributed by atoms with Gasteiger partial charge in [-0.2, -0.15) is 0 Å². The van der Waals surface area contributed by atoms with Crippen LogP contribution in [-0.4, -0.2) is 8.42 Å². The zero-order valence-electron chi connectivity index (χ0n) is 10.9. The van der Waals surface area contributed by atoms with Gasteiger partial charge in [-0.25, -0.2) is 13.1 Å². The van der Waals surface area contributed by atoms with Crippen LogP contribution in [0.25, 0.3) is 0 Å². The van der Waals surface area contributed by atoms with Crippen LogP contribution >= 0.6 is 27.3 Å². The second-order valence-electron chi connectivity index (χ2n) is 4.32. The zero-order valence-corrected chi connectivity index (χ0v) is 14.1. The summed E-state index contributed by atoms with van der Waals surface area (Å²) in [6.45, 7) is 2.52. The molecule has 0 unspecified atom stereocenters. The van der Waals surface area contributed by atoms with Gasteiger partial charge in [-0.05, 0) is 58.2 Å². The van der Waals surface area contributed by atoms with Gasteiger partial charge in [0.1, 0.15) is 0 Å². The molecule has 0 aliphatic carbocycles. The first-order valence-electron chi connectivity index (χ1n) is 5.96. The molecule has 0 atom stereocenters. The van der Waals surface area contributed by atoms with E-state index in [0.717, 1.165) is 19.8 Å². The summed E-state index contributed by atoms with van der Waals surface area (Å²) in [5.41, 5.74) is 7.45. The number of halogens is 1. The van der Waals surface area contributed by atoms with Crippen LogP contribution in [0.2, 0.25) is 0 Å². The maximum atomic E-state index is 12.2. The van der Waals surface area contributed by atoms with Crippen LogP contribution in [0.15, 0.2) is 39.0 Å². The van der Waals surface area contributed by atoms with Crippen molar-refractivity contribution in [3.8, 4) is 0 Å². The zero-order chi connectivity index (χ0) is 14.8. The van der Waals surface area contributed by atoms with E-state index in [1.165, 1.54) is 11.3 Å². The lowest BCUT2D eigenvalue weighted by Gasteiger charge is -2.09. The first kappa shape index (κ1) is 15.7. The lowest BCUT2D eigenvalue weighted by molar-refractivity contribution is 0.581. The van der Waals surface area contributed by atoms with Crippen LogP contribution in [0.4, 0.5) is 0 Å². The molecule has 3 N–H and O–H groups in total. The van der Waals surface area contributed by atoms with Crippen molar-refractivity contribution in [1.29, 1.82) is 0 Å². The van der Waals surface area contributed by atoms with E-state index in [1.807, 2.05) is 19.1 Å². The Morgan fingerprint density at radius 1 is 1.30 bits per heavy atom. The van der Waals surface area contributed by atoms with Crippen molar-refractivity contribution in [1.82, 2.24) is 4.72 Å². The van der Waals surface area contributed by atoms with Gasteiger partial charge in [-0.1, -0.05) is 6.07 Å². The highest BCUT2D eigenvalue weighted by Crippen LogP contribution is 2.22. The average molecular weight is 375 g/mol. The van der Waals surface area contributed by atoms with Crippen molar-refractivity contribution in [3.05, 3.63) is 50.1 Å². The lowest BCUT2D eigenvalue weighted by atomic mass is 10.1. The Hall–Kier alpha value is -0.730. The molecule has 0 spiro atoms. The molecule has 0 saturated carbocycles. The van der Waals surface area contributed by atoms with Crippen molar-refractivity contribution >= 4 is 37.3 Å². The van der Waals surface area contributed by atoms with Crippen molar-refractivity contribution in [2.75, 3.05) is 0 Å². The van der Waals surface area contributed by atoms with Gasteiger partial charge in [0.05, 0.1) is 8.68 Å². The number of nitrogens with one attached hydrogen (secondary N) is 1. The molecule has 4 nitrogen and oxygen atoms in total. The van der Waals surface area contributed by atoms with E-state index < -0.39 is 10.0 Å². The summed E-state index contributed by atoms with van der Waals surface area (Å²) in [6.07, 6.45) is 0. The lowest BCUT2D eigenvalue weighted by Crippen LogP contribution is -2.23. The SMILES string of the molecule is Cc1ccc(S(=O)(=O)NCc2ccc(Br)s2)cc1CN. The fraction of sp³-hybridized carbons (Fsp3) is 0.231. The molecule has 1 heterocycles. The predicted octanol–water partition coefficient (Wildman–Crippen LogP) is 2.76. The third kappa shape index (κ3) is 3.67. The van der Waals surface area contributed by atoms with E-state index in [0.29, 0.717) is 6.54 Å². The van der Waals surface area contributed by atoms with Gasteiger partial charge in [0.25, 0.3) is 0 Å². The standard InChI is InChI=1S/C13H15BrN2O2S2/c1-9-2-4-12(6-10(9)7-15)20(17,18)16-8-11-3-5-13(14)19-11/h2-6,16H,7-8,15H2,1H3. The molecule has 20 heavy (non-hydrogen) atoms. The minimum absolute atomic E-state index is 0.249. The van der Waals surface area contributed by atoms with Gasteiger partial charge in [0.2, 0.25) is 10.0 Å². The molecule has 7 heteroatoms. The van der Waals surface area contributed by atoms with Crippen molar-refractivity contribution in [2.24, 2.45) is 5.73 Å². The number of nitrogens with two attached hydrogens (primary N) is 1. The van der Waals surface area contributed by atoms with Crippen molar-refractivity contribution in [3.63, 3.8) is 0 Å². The summed E-state index contributed by atoms with van der Waals surface area (Å²) in [7, 11) is -3.51. The van der Waals surface area contributed by atoms with Crippen LogP contribution in [-0.2, 0) is 23.1 Å². The molecule has 2 aromatic rings. The van der Waals surface area contributed by atoms with Gasteiger partial charge in [0, 0.05) is 18.0 Å². The van der Waals surface area contributed by atoms with Gasteiger partial charge >= 0.3 is 0 Å². The molecule has 1 aromatic heterocycles. The molecule has 0 bridgehead atoms. The Morgan fingerprint density at radius 3 is 2.65 bits per heavy atom. The first-order valence-corrected chi connectivity index (χ1v) is 9.05. The Balaban J connectivity index is 2.17. The van der Waals surface area contributed by atoms with Gasteiger partial charge < -0.3 is 5.73 Å². The molecule has 108 valence electrons. The van der Waals surface area contributed by atoms with Crippen LogP contribution in [0.5, 0.6) is 0 Å². The van der Waals surface area contributed by atoms with Crippen LogP contribution in [0.1, 0.15) is 16.0 Å². The summed E-state index contributed by atoms with van der Waals surface area (Å²) in [5.74, 6) is 0. The highest BCUT2D eigenvalue weighted by Gasteiger charge is 2.15. The topological polar surface area (TPSA) is 72.2 Å². The number of aryl methyl sites for hydroxylation is 1. The average Bonchev–Trinajstić information content (AvgIpc) is 2.83. The third-order valence-corrected chi connectivity index (χ3v) is 5.94. The molecule has 0 aliphatic heterocycles. The van der Waals surface area contributed by atoms with E-state index in [-0.39, 0.29) is 11.4 Å². The van der Waals surface area contributed by atoms with Crippen LogP contribution in [0.3, 0.4) is 0 Å². The summed E-state index contributed by atoms with van der Waals surface area (Å²) in [5, 5.41) is 0. The summed E-state index contributed by atoms with van der Waals surface area (Å²) in [6, 6.07) is 8.78. The van der Waals surface area contributed by atoms with Crippen molar-refractivity contribution in [2.45, 2.75) is 24.9 Å². The van der Waals surface area contributed by atoms with E-state index >= 15 is 0 Å². The Bertz CT molecular complexity index is 711. The monoisotopic (exact) mass is 374 g/mol. The fourth-order valence-corrected chi connectivity index (χ4v) is 4.30. The molecular formula is C13H15BrN2O2S2. The molecule has 0 aliphatic rings. The van der Waals surface area contributed by atoms with Gasteiger partial charge in [-0.15, -0.1) is 11.3 Å². The predicted molar refractivity (Wildman–Crippen MR) is 85.1 cm³/mol. The number of hydrogen-bond acceptors (Lipinski definition) is 4. The minimum atomic E-state index is -3.51. The van der Waals surface area contributed by atoms with Crippen molar-refractivity contribution < 1.29 is 8.42 Å². The van der Waals surface area contributed by atoms with Crippen LogP contribution in [0, 0.1) is 6.92 Å². The van der Waals surface area contributed by atoms with E-state index in [4.69, 9.17) is 5.73 Å². The fourth-order valence-electron chi connectivity index (χ4n) is 1.73. The minimum Gasteiger partial charge on any atom is -0.326 e. The Kier molecular flexibility index (Phi) is 4.98. The third-order valence-electron chi connectivity index (χ3n) is 2.92. The second-order valence-corrected chi connectivity index (χ2v) is 8.64. The summed E-state index contributed by atoms with van der Waals surface area (Å²) >= 11 is 4.86. The highest BCUT2D eigenvalue weighted by atomic mass is 79.9. The first-order chi connectivity index (χ1) is 9.42. The smallest absolute Gasteiger partial charge is 0.240 e. The second kappa shape index (κ2) is 6.36. The molecule has 0 fully saturated rings. The Labute approximate surface area is 131 Å². The maximum Gasteiger partial charge on any atom is 0.240 e. The summed E-state index contributed by atoms with van der Waals surface area (Å²) in [4.78, 5) is 1.20. The highest BCUT2D eigenvalue weighted by molar-refractivity contribution is 9.11. The Morgan fingerprint density at radius 2 is 2.05 bits per heavy atom. The number of hydrogen-bond donors (Lipinski definition) is 2. The number of thiophene rings is 1. The largest absolute Gasteiger partial charge is 0.326 e. The molecule has 0 saturated heterocycles. The van der Waals surface area contributed by atoms with E-state index in [1.54, 1.807) is 18.2 Å². The van der Waals surface area contributed by atoms with Gasteiger partial charge in [-0.3, -0.25) is 0 Å². The molecule has 0 amide bonds. The molecule has 1 aromatic carbocycles. The summed E-state index contributed by atoms with van der Waals surface area (Å²) < 4.78 is 28.0.